The van der Waals surface area contributed by atoms with Gasteiger partial charge in [0.25, 0.3) is 0 Å². The number of rotatable bonds is 8. The van der Waals surface area contributed by atoms with Crippen LogP contribution in [0.5, 0.6) is 5.75 Å². The van der Waals surface area contributed by atoms with E-state index in [2.05, 4.69) is 4.90 Å². The average Bonchev–Trinajstić information content (AvgIpc) is 2.43. The Bertz CT molecular complexity index is 497. The lowest BCUT2D eigenvalue weighted by Crippen LogP contribution is -2.22. The zero-order valence-electron chi connectivity index (χ0n) is 12.7. The van der Waals surface area contributed by atoms with Crippen LogP contribution in [0.2, 0.25) is 0 Å². The van der Waals surface area contributed by atoms with E-state index in [1.54, 1.807) is 26.2 Å². The van der Waals surface area contributed by atoms with E-state index in [1.807, 2.05) is 19.2 Å². The zero-order chi connectivity index (χ0) is 15.8. The summed E-state index contributed by atoms with van der Waals surface area (Å²) < 4.78 is 5.22. The number of carbonyl (C=O) groups is 1. The molecule has 1 aromatic rings. The number of methoxy groups -OCH3 is 1. The van der Waals surface area contributed by atoms with Gasteiger partial charge in [0.15, 0.2) is 0 Å². The van der Waals surface area contributed by atoms with E-state index in [4.69, 9.17) is 9.84 Å². The van der Waals surface area contributed by atoms with Crippen LogP contribution in [-0.4, -0.2) is 47.9 Å². The van der Waals surface area contributed by atoms with Gasteiger partial charge in [0.05, 0.1) is 13.2 Å². The molecular weight excluding hydrogens is 270 g/mol. The van der Waals surface area contributed by atoms with Gasteiger partial charge in [-0.15, -0.1) is 0 Å². The number of hydrogen-bond donors (Lipinski definition) is 2. The van der Waals surface area contributed by atoms with E-state index < -0.39 is 5.97 Å². The molecule has 2 N–H and O–H groups in total. The summed E-state index contributed by atoms with van der Waals surface area (Å²) in [5, 5.41) is 18.1. The van der Waals surface area contributed by atoms with Crippen LogP contribution in [0.4, 0.5) is 0 Å². The van der Waals surface area contributed by atoms with Crippen LogP contribution in [0.15, 0.2) is 24.3 Å². The number of ether oxygens (including phenoxy) is 1. The van der Waals surface area contributed by atoms with Crippen LogP contribution in [0.1, 0.15) is 24.5 Å². The number of carboxylic acid groups (broad SMARTS) is 1. The predicted octanol–water partition coefficient (Wildman–Crippen LogP) is 2.00. The normalized spacial score (nSPS) is 12.8. The van der Waals surface area contributed by atoms with Crippen molar-refractivity contribution in [3.63, 3.8) is 0 Å². The third-order valence-electron chi connectivity index (χ3n) is 3.12. The maximum atomic E-state index is 10.7. The van der Waals surface area contributed by atoms with Crippen LogP contribution in [0, 0.1) is 0 Å². The van der Waals surface area contributed by atoms with Crippen molar-refractivity contribution in [3.05, 3.63) is 35.4 Å². The van der Waals surface area contributed by atoms with Crippen LogP contribution < -0.4 is 4.74 Å². The molecule has 1 aromatic carbocycles. The summed E-state index contributed by atoms with van der Waals surface area (Å²) in [4.78, 5) is 12.7. The van der Waals surface area contributed by atoms with Gasteiger partial charge in [-0.25, -0.2) is 4.79 Å². The van der Waals surface area contributed by atoms with E-state index in [1.165, 1.54) is 0 Å². The first-order chi connectivity index (χ1) is 9.92. The Balaban J connectivity index is 2.87. The molecule has 1 atom stereocenters. The van der Waals surface area contributed by atoms with E-state index >= 15 is 0 Å². The first kappa shape index (κ1) is 17.2. The van der Waals surface area contributed by atoms with Gasteiger partial charge in [-0.3, -0.25) is 0 Å². The molecule has 5 heteroatoms. The molecule has 0 amide bonds. The largest absolute Gasteiger partial charge is 0.497 e. The molecular formula is C16H23NO4. The fourth-order valence-electron chi connectivity index (χ4n) is 1.95. The molecule has 0 aliphatic carbocycles. The zero-order valence-corrected chi connectivity index (χ0v) is 12.7. The molecule has 0 radical (unpaired) electrons. The maximum Gasteiger partial charge on any atom is 0.328 e. The monoisotopic (exact) mass is 293 g/mol. The van der Waals surface area contributed by atoms with Crippen LogP contribution in [-0.2, 0) is 11.3 Å². The van der Waals surface area contributed by atoms with Gasteiger partial charge in [0.2, 0.25) is 0 Å². The molecule has 116 valence electrons. The number of hydrogen-bond acceptors (Lipinski definition) is 4. The topological polar surface area (TPSA) is 70.0 Å². The molecule has 21 heavy (non-hydrogen) atoms. The summed E-state index contributed by atoms with van der Waals surface area (Å²) in [5.74, 6) is -0.236. The highest BCUT2D eigenvalue weighted by molar-refractivity contribution is 5.85. The quantitative estimate of drug-likeness (QED) is 0.717. The van der Waals surface area contributed by atoms with Gasteiger partial charge in [-0.1, -0.05) is 6.07 Å². The Labute approximate surface area is 125 Å². The summed E-state index contributed by atoms with van der Waals surface area (Å²) in [6, 6.07) is 5.55. The Morgan fingerprint density at radius 2 is 2.19 bits per heavy atom. The number of benzene rings is 1. The molecule has 0 aliphatic heterocycles. The second-order valence-electron chi connectivity index (χ2n) is 5.11. The lowest BCUT2D eigenvalue weighted by molar-refractivity contribution is -0.131. The Morgan fingerprint density at radius 3 is 2.76 bits per heavy atom. The van der Waals surface area contributed by atoms with Crippen molar-refractivity contribution in [1.29, 1.82) is 0 Å². The van der Waals surface area contributed by atoms with Crippen molar-refractivity contribution in [3.8, 4) is 5.75 Å². The van der Waals surface area contributed by atoms with Crippen molar-refractivity contribution >= 4 is 12.0 Å². The molecule has 0 fully saturated rings. The predicted molar refractivity (Wildman–Crippen MR) is 82.3 cm³/mol. The number of nitrogens with zero attached hydrogens (tertiary/aromatic N) is 1. The lowest BCUT2D eigenvalue weighted by Gasteiger charge is -2.19. The minimum absolute atomic E-state index is 0.330. The molecule has 1 rings (SSSR count). The molecule has 0 spiro atoms. The van der Waals surface area contributed by atoms with E-state index in [-0.39, 0.29) is 6.10 Å². The fraction of sp³-hybridized carbons (Fsp3) is 0.438. The minimum atomic E-state index is -0.973. The summed E-state index contributed by atoms with van der Waals surface area (Å²) in [7, 11) is 3.57. The summed E-state index contributed by atoms with van der Waals surface area (Å²) in [6.07, 6.45) is 3.07. The second-order valence-corrected chi connectivity index (χ2v) is 5.11. The molecule has 0 saturated carbocycles. The number of aliphatic hydroxyl groups is 1. The second kappa shape index (κ2) is 8.44. The van der Waals surface area contributed by atoms with Gasteiger partial charge in [-0.05, 0) is 49.7 Å². The van der Waals surface area contributed by atoms with E-state index in [0.717, 1.165) is 29.5 Å². The molecule has 0 saturated heterocycles. The fourth-order valence-corrected chi connectivity index (χ4v) is 1.95. The van der Waals surface area contributed by atoms with Gasteiger partial charge < -0.3 is 19.8 Å². The van der Waals surface area contributed by atoms with Crippen molar-refractivity contribution in [1.82, 2.24) is 4.90 Å². The number of aliphatic carboxylic acids is 1. The Morgan fingerprint density at radius 1 is 1.48 bits per heavy atom. The Kier molecular flexibility index (Phi) is 6.91. The molecule has 5 nitrogen and oxygen atoms in total. The number of aliphatic hydroxyl groups excluding tert-OH is 1. The summed E-state index contributed by atoms with van der Waals surface area (Å²) in [6.45, 7) is 3.18. The van der Waals surface area contributed by atoms with Crippen LogP contribution in [0.3, 0.4) is 0 Å². The van der Waals surface area contributed by atoms with E-state index in [9.17, 15) is 9.90 Å². The van der Waals surface area contributed by atoms with E-state index in [0.29, 0.717) is 13.0 Å². The highest BCUT2D eigenvalue weighted by atomic mass is 16.5. The highest BCUT2D eigenvalue weighted by Crippen LogP contribution is 2.20. The molecule has 0 aromatic heterocycles. The third-order valence-corrected chi connectivity index (χ3v) is 3.12. The maximum absolute atomic E-state index is 10.7. The molecule has 0 aliphatic rings. The third kappa shape index (κ3) is 6.42. The SMILES string of the molecule is COc1ccc(/C=C/C(=O)O)c(CN(C)CCC(C)O)c1. The molecule has 0 bridgehead atoms. The van der Waals surface area contributed by atoms with Gasteiger partial charge >= 0.3 is 5.97 Å². The summed E-state index contributed by atoms with van der Waals surface area (Å²) in [5.41, 5.74) is 1.84. The average molecular weight is 293 g/mol. The smallest absolute Gasteiger partial charge is 0.328 e. The first-order valence-electron chi connectivity index (χ1n) is 6.87. The van der Waals surface area contributed by atoms with Crippen molar-refractivity contribution in [2.24, 2.45) is 0 Å². The van der Waals surface area contributed by atoms with Crippen molar-refractivity contribution in [2.75, 3.05) is 20.7 Å². The van der Waals surface area contributed by atoms with Gasteiger partial charge in [-0.2, -0.15) is 0 Å². The van der Waals surface area contributed by atoms with Gasteiger partial charge in [0.1, 0.15) is 5.75 Å². The minimum Gasteiger partial charge on any atom is -0.497 e. The Hall–Kier alpha value is -1.85. The van der Waals surface area contributed by atoms with Crippen LogP contribution >= 0.6 is 0 Å². The highest BCUT2D eigenvalue weighted by Gasteiger charge is 2.07. The van der Waals surface area contributed by atoms with Crippen molar-refractivity contribution < 1.29 is 19.7 Å². The van der Waals surface area contributed by atoms with Crippen LogP contribution in [0.25, 0.3) is 6.08 Å². The van der Waals surface area contributed by atoms with Crippen molar-refractivity contribution in [2.45, 2.75) is 26.0 Å². The number of carboxylic acids is 1. The lowest BCUT2D eigenvalue weighted by atomic mass is 10.1. The molecule has 0 heterocycles. The summed E-state index contributed by atoms with van der Waals surface area (Å²) >= 11 is 0. The van der Waals surface area contributed by atoms with Gasteiger partial charge in [0, 0.05) is 19.2 Å². The standard InChI is InChI=1S/C16H23NO4/c1-12(18)8-9-17(2)11-14-10-15(21-3)6-4-13(14)5-7-16(19)20/h4-7,10,12,18H,8-9,11H2,1-3H3,(H,19,20)/b7-5+. The molecule has 1 unspecified atom stereocenters. The first-order valence-corrected chi connectivity index (χ1v) is 6.87.